The van der Waals surface area contributed by atoms with Crippen LogP contribution in [0.5, 0.6) is 0 Å². The van der Waals surface area contributed by atoms with E-state index < -0.39 is 18.4 Å². The molecule has 0 atom stereocenters. The van der Waals surface area contributed by atoms with Gasteiger partial charge in [0.2, 0.25) is 0 Å². The van der Waals surface area contributed by atoms with Gasteiger partial charge in [-0.25, -0.2) is 0 Å². The van der Waals surface area contributed by atoms with Gasteiger partial charge >= 0.3 is 33.9 Å². The van der Waals surface area contributed by atoms with E-state index >= 15 is 0 Å². The van der Waals surface area contributed by atoms with Crippen molar-refractivity contribution in [3.8, 4) is 0 Å². The Morgan fingerprint density at radius 1 is 0.833 bits per heavy atom. The van der Waals surface area contributed by atoms with Crippen LogP contribution in [-0.2, 0) is 18.4 Å². The molecule has 0 saturated heterocycles. The summed E-state index contributed by atoms with van der Waals surface area (Å²) in [5.74, 6) is 0. The van der Waals surface area contributed by atoms with Crippen molar-refractivity contribution in [1.82, 2.24) is 0 Å². The molecule has 0 heterocycles. The summed E-state index contributed by atoms with van der Waals surface area (Å²) in [6, 6.07) is 0. The molecule has 0 rings (SSSR count). The molecule has 0 unspecified atom stereocenters. The predicted molar refractivity (Wildman–Crippen MR) is 32.1 cm³/mol. The van der Waals surface area contributed by atoms with Gasteiger partial charge in [0.15, 0.2) is 0 Å². The fraction of sp³-hybridized carbons (Fsp3) is 1.00. The topological polar surface area (TPSA) is 0 Å². The second-order valence-electron chi connectivity index (χ2n) is 1.34. The SMILES string of the molecule is Cl.Cl.[CH3][Ta]([CH3])[CH3]. The van der Waals surface area contributed by atoms with Gasteiger partial charge in [0.05, 0.1) is 0 Å². The molecule has 0 nitrogen and oxygen atoms in total. The van der Waals surface area contributed by atoms with Crippen molar-refractivity contribution >= 4 is 24.8 Å². The molecule has 0 saturated carbocycles. The molecule has 0 aromatic heterocycles. The van der Waals surface area contributed by atoms with E-state index in [1.807, 2.05) is 0 Å². The van der Waals surface area contributed by atoms with Gasteiger partial charge in [0, 0.05) is 0 Å². The second kappa shape index (κ2) is 9.58. The molecule has 0 bridgehead atoms. The van der Waals surface area contributed by atoms with Gasteiger partial charge in [0.25, 0.3) is 0 Å². The van der Waals surface area contributed by atoms with Crippen LogP contribution in [0.4, 0.5) is 0 Å². The van der Waals surface area contributed by atoms with Crippen LogP contribution in [0.15, 0.2) is 0 Å². The molecule has 0 aromatic carbocycles. The third-order valence-electron chi connectivity index (χ3n) is 0. The zero-order chi connectivity index (χ0) is 3.58. The van der Waals surface area contributed by atoms with Crippen molar-refractivity contribution in [3.63, 3.8) is 0 Å². The van der Waals surface area contributed by atoms with Crippen molar-refractivity contribution in [1.29, 1.82) is 0 Å². The molecule has 0 fully saturated rings. The van der Waals surface area contributed by atoms with Gasteiger partial charge in [-0.05, 0) is 0 Å². The van der Waals surface area contributed by atoms with Crippen molar-refractivity contribution in [2.45, 2.75) is 15.4 Å². The van der Waals surface area contributed by atoms with Crippen molar-refractivity contribution in [2.24, 2.45) is 0 Å². The normalized spacial score (nSPS) is 6.00. The van der Waals surface area contributed by atoms with Gasteiger partial charge in [0.1, 0.15) is 0 Å². The summed E-state index contributed by atoms with van der Waals surface area (Å²) in [4.78, 5) is 0. The van der Waals surface area contributed by atoms with Crippen LogP contribution < -0.4 is 0 Å². The van der Waals surface area contributed by atoms with Gasteiger partial charge in [-0.15, -0.1) is 24.8 Å². The van der Waals surface area contributed by atoms with Crippen molar-refractivity contribution in [2.75, 3.05) is 0 Å². The number of halogens is 2. The standard InChI is InChI=1S/3CH3.2ClH.Ta/h3*1H3;2*1H;. The van der Waals surface area contributed by atoms with Crippen LogP contribution in [0, 0.1) is 0 Å². The van der Waals surface area contributed by atoms with Gasteiger partial charge in [-0.3, -0.25) is 0 Å². The fourth-order valence-electron chi connectivity index (χ4n) is 0. The maximum absolute atomic E-state index is 2.37. The Hall–Kier alpha value is 1.32. The molecule has 0 aliphatic heterocycles. The average Bonchev–Trinajstić information content (AvgIpc) is 0.811. The van der Waals surface area contributed by atoms with Crippen molar-refractivity contribution < 1.29 is 18.4 Å². The Kier molecular flexibility index (Phi) is 25.0. The molecular weight excluding hydrogens is 288 g/mol. The first kappa shape index (κ1) is 15.7. The predicted octanol–water partition coefficient (Wildman–Crippen LogP) is 2.59. The maximum atomic E-state index is 2.37. The first-order chi connectivity index (χ1) is 1.73. The van der Waals surface area contributed by atoms with E-state index in [-0.39, 0.29) is 24.8 Å². The second-order valence-corrected chi connectivity index (χ2v) is 11.0. The van der Waals surface area contributed by atoms with Crippen LogP contribution in [0.2, 0.25) is 15.4 Å². The van der Waals surface area contributed by atoms with Gasteiger partial charge < -0.3 is 0 Å². The Morgan fingerprint density at radius 3 is 0.833 bits per heavy atom. The minimum absolute atomic E-state index is 0. The number of hydrogen-bond acceptors (Lipinski definition) is 0. The van der Waals surface area contributed by atoms with E-state index in [0.717, 1.165) is 0 Å². The summed E-state index contributed by atoms with van der Waals surface area (Å²) in [5.41, 5.74) is 0. The van der Waals surface area contributed by atoms with Gasteiger partial charge in [-0.2, -0.15) is 0 Å². The molecule has 0 aromatic rings. The first-order valence-electron chi connectivity index (χ1n) is 1.34. The van der Waals surface area contributed by atoms with Gasteiger partial charge in [-0.1, -0.05) is 0 Å². The van der Waals surface area contributed by atoms with Crippen LogP contribution in [0.1, 0.15) is 0 Å². The summed E-state index contributed by atoms with van der Waals surface area (Å²) >= 11 is -0.593. The average molecular weight is 299 g/mol. The summed E-state index contributed by atoms with van der Waals surface area (Å²) in [6.07, 6.45) is 0. The monoisotopic (exact) mass is 298 g/mol. The molecule has 6 heavy (non-hydrogen) atoms. The van der Waals surface area contributed by atoms with E-state index in [2.05, 4.69) is 15.4 Å². The van der Waals surface area contributed by atoms with Crippen LogP contribution >= 0.6 is 24.8 Å². The quantitative estimate of drug-likeness (QED) is 0.645. The Labute approximate surface area is 58.6 Å². The van der Waals surface area contributed by atoms with Crippen LogP contribution in [0.25, 0.3) is 0 Å². The third-order valence-corrected chi connectivity index (χ3v) is 0. The molecule has 0 aliphatic rings. The third kappa shape index (κ3) is 57.0. The molecule has 0 amide bonds. The summed E-state index contributed by atoms with van der Waals surface area (Å²) in [6.45, 7) is 0. The molecule has 0 radical (unpaired) electrons. The van der Waals surface area contributed by atoms with Crippen LogP contribution in [0.3, 0.4) is 0 Å². The number of hydrogen-bond donors (Lipinski definition) is 0. The fourth-order valence-corrected chi connectivity index (χ4v) is 0. The summed E-state index contributed by atoms with van der Waals surface area (Å²) in [5, 5.41) is 7.11. The summed E-state index contributed by atoms with van der Waals surface area (Å²) < 4.78 is 0. The molecule has 3 heteroatoms. The van der Waals surface area contributed by atoms with E-state index in [9.17, 15) is 0 Å². The van der Waals surface area contributed by atoms with E-state index in [0.29, 0.717) is 0 Å². The number of rotatable bonds is 0. The van der Waals surface area contributed by atoms with E-state index in [4.69, 9.17) is 0 Å². The zero-order valence-corrected chi connectivity index (χ0v) is 9.11. The first-order valence-corrected chi connectivity index (χ1v) is 11.0. The minimum atomic E-state index is -0.593. The molecule has 42 valence electrons. The molecular formula is C3H11Cl2Ta. The zero-order valence-electron chi connectivity index (χ0n) is 4.26. The Bertz CT molecular complexity index is 13.5. The van der Waals surface area contributed by atoms with E-state index in [1.165, 1.54) is 0 Å². The summed E-state index contributed by atoms with van der Waals surface area (Å²) in [7, 11) is 0. The van der Waals surface area contributed by atoms with Crippen molar-refractivity contribution in [3.05, 3.63) is 0 Å². The van der Waals surface area contributed by atoms with E-state index in [1.54, 1.807) is 0 Å². The Morgan fingerprint density at radius 2 is 0.833 bits per heavy atom. The molecule has 0 aliphatic carbocycles. The Balaban J connectivity index is -0.0000000450. The van der Waals surface area contributed by atoms with Crippen LogP contribution in [-0.4, -0.2) is 0 Å². The molecule has 0 spiro atoms. The molecule has 0 N–H and O–H groups in total.